The SMILES string of the molecule is COc1cccc(P(Cl)c2cccc(OC)c2)c1. The lowest BCUT2D eigenvalue weighted by atomic mass is 10.3. The molecule has 4 heteroatoms. The summed E-state index contributed by atoms with van der Waals surface area (Å²) in [7, 11) is 2.41. The van der Waals surface area contributed by atoms with Crippen LogP contribution in [0.5, 0.6) is 11.5 Å². The van der Waals surface area contributed by atoms with Crippen molar-refractivity contribution in [3.63, 3.8) is 0 Å². The highest BCUT2D eigenvalue weighted by molar-refractivity contribution is 7.95. The number of ether oxygens (including phenoxy) is 2. The Kier molecular flexibility index (Phi) is 4.46. The monoisotopic (exact) mass is 280 g/mol. The molecule has 0 saturated heterocycles. The number of hydrogen-bond acceptors (Lipinski definition) is 2. The van der Waals surface area contributed by atoms with Crippen LogP contribution in [0.1, 0.15) is 0 Å². The summed E-state index contributed by atoms with van der Waals surface area (Å²) in [6.07, 6.45) is 0. The van der Waals surface area contributed by atoms with Gasteiger partial charge in [-0.1, -0.05) is 35.5 Å². The highest BCUT2D eigenvalue weighted by Crippen LogP contribution is 2.40. The molecule has 0 aliphatic heterocycles. The van der Waals surface area contributed by atoms with Gasteiger partial charge >= 0.3 is 0 Å². The summed E-state index contributed by atoms with van der Waals surface area (Å²) in [6.45, 7) is 0. The van der Waals surface area contributed by atoms with Crippen LogP contribution in [0, 0.1) is 0 Å². The zero-order valence-corrected chi connectivity index (χ0v) is 11.9. The Bertz CT molecular complexity index is 483. The van der Waals surface area contributed by atoms with Crippen LogP contribution in [-0.2, 0) is 0 Å². The predicted molar refractivity (Wildman–Crippen MR) is 78.0 cm³/mol. The van der Waals surface area contributed by atoms with Gasteiger partial charge in [0.2, 0.25) is 0 Å². The molecule has 0 fully saturated rings. The van der Waals surface area contributed by atoms with Crippen LogP contribution < -0.4 is 20.1 Å². The van der Waals surface area contributed by atoms with E-state index < -0.39 is 7.27 Å². The van der Waals surface area contributed by atoms with Crippen molar-refractivity contribution in [1.29, 1.82) is 0 Å². The van der Waals surface area contributed by atoms with Gasteiger partial charge < -0.3 is 9.47 Å². The second-order valence-electron chi connectivity index (χ2n) is 3.68. The van der Waals surface area contributed by atoms with Crippen LogP contribution in [0.25, 0.3) is 0 Å². The summed E-state index contributed by atoms with van der Waals surface area (Å²) in [5.74, 6) is 1.65. The van der Waals surface area contributed by atoms with Crippen LogP contribution in [0.3, 0.4) is 0 Å². The summed E-state index contributed by atoms with van der Waals surface area (Å²) in [5, 5.41) is 2.14. The molecule has 94 valence electrons. The lowest BCUT2D eigenvalue weighted by Crippen LogP contribution is -2.08. The summed E-state index contributed by atoms with van der Waals surface area (Å²) in [5.41, 5.74) is 0. The van der Waals surface area contributed by atoms with E-state index in [1.807, 2.05) is 48.5 Å². The van der Waals surface area contributed by atoms with Crippen LogP contribution in [-0.4, -0.2) is 14.2 Å². The second-order valence-corrected chi connectivity index (χ2v) is 6.29. The van der Waals surface area contributed by atoms with Crippen LogP contribution >= 0.6 is 18.5 Å². The minimum atomic E-state index is -0.902. The molecular formula is C14H14ClO2P. The van der Waals surface area contributed by atoms with Crippen molar-refractivity contribution in [3.05, 3.63) is 48.5 Å². The molecule has 0 N–H and O–H groups in total. The number of halogens is 1. The largest absolute Gasteiger partial charge is 0.497 e. The zero-order valence-electron chi connectivity index (χ0n) is 10.3. The van der Waals surface area contributed by atoms with Crippen LogP contribution in [0.2, 0.25) is 0 Å². The van der Waals surface area contributed by atoms with Crippen molar-refractivity contribution in [2.75, 3.05) is 14.2 Å². The summed E-state index contributed by atoms with van der Waals surface area (Å²) < 4.78 is 10.4. The van der Waals surface area contributed by atoms with Crippen LogP contribution in [0.15, 0.2) is 48.5 Å². The molecule has 0 amide bonds. The van der Waals surface area contributed by atoms with Crippen molar-refractivity contribution in [1.82, 2.24) is 0 Å². The van der Waals surface area contributed by atoms with E-state index in [0.29, 0.717) is 0 Å². The Labute approximate surface area is 113 Å². The minimum Gasteiger partial charge on any atom is -0.497 e. The van der Waals surface area contributed by atoms with Gasteiger partial charge in [-0.3, -0.25) is 0 Å². The van der Waals surface area contributed by atoms with Crippen molar-refractivity contribution < 1.29 is 9.47 Å². The fourth-order valence-corrected chi connectivity index (χ4v) is 3.46. The Morgan fingerprint density at radius 3 is 1.67 bits per heavy atom. The van der Waals surface area contributed by atoms with Gasteiger partial charge in [0, 0.05) is 0 Å². The molecule has 0 unspecified atom stereocenters. The van der Waals surface area contributed by atoms with E-state index in [-0.39, 0.29) is 0 Å². The van der Waals surface area contributed by atoms with E-state index in [0.717, 1.165) is 22.1 Å². The summed E-state index contributed by atoms with van der Waals surface area (Å²) in [4.78, 5) is 0. The van der Waals surface area contributed by atoms with Gasteiger partial charge in [-0.2, -0.15) is 0 Å². The molecular weight excluding hydrogens is 267 g/mol. The van der Waals surface area contributed by atoms with Gasteiger partial charge in [-0.25, -0.2) is 0 Å². The van der Waals surface area contributed by atoms with Crippen molar-refractivity contribution in [3.8, 4) is 11.5 Å². The molecule has 0 bridgehead atoms. The molecule has 2 aromatic carbocycles. The number of hydrogen-bond donors (Lipinski definition) is 0. The average molecular weight is 281 g/mol. The Balaban J connectivity index is 2.31. The highest BCUT2D eigenvalue weighted by Gasteiger charge is 2.12. The molecule has 0 spiro atoms. The van der Waals surface area contributed by atoms with Crippen molar-refractivity contribution in [2.24, 2.45) is 0 Å². The topological polar surface area (TPSA) is 18.5 Å². The number of methoxy groups -OCH3 is 2. The predicted octanol–water partition coefficient (Wildman–Crippen LogP) is 3.29. The first-order valence-corrected chi connectivity index (χ1v) is 7.73. The van der Waals surface area contributed by atoms with Crippen molar-refractivity contribution in [2.45, 2.75) is 0 Å². The van der Waals surface area contributed by atoms with Crippen LogP contribution in [0.4, 0.5) is 0 Å². The normalized spacial score (nSPS) is 10.4. The standard InChI is InChI=1S/C14H14ClO2P/c1-16-11-5-3-7-13(9-11)18(15)14-8-4-6-12(10-14)17-2/h3-10H,1-2H3. The highest BCUT2D eigenvalue weighted by atomic mass is 35.7. The van der Waals surface area contributed by atoms with Gasteiger partial charge in [0.05, 0.1) is 21.5 Å². The Morgan fingerprint density at radius 1 is 0.833 bits per heavy atom. The molecule has 0 aliphatic rings. The fourth-order valence-electron chi connectivity index (χ4n) is 1.61. The van der Waals surface area contributed by atoms with Gasteiger partial charge in [-0.15, -0.1) is 0 Å². The molecule has 0 aliphatic carbocycles. The molecule has 0 radical (unpaired) electrons. The summed E-state index contributed by atoms with van der Waals surface area (Å²) in [6, 6.07) is 15.7. The van der Waals surface area contributed by atoms with Gasteiger partial charge in [0.1, 0.15) is 11.5 Å². The van der Waals surface area contributed by atoms with Crippen molar-refractivity contribution >= 4 is 29.1 Å². The zero-order chi connectivity index (χ0) is 13.0. The average Bonchev–Trinajstić information content (AvgIpc) is 2.46. The van der Waals surface area contributed by atoms with E-state index in [4.69, 9.17) is 20.7 Å². The molecule has 2 nitrogen and oxygen atoms in total. The fraction of sp³-hybridized carbons (Fsp3) is 0.143. The quantitative estimate of drug-likeness (QED) is 0.800. The smallest absolute Gasteiger partial charge is 0.119 e. The maximum absolute atomic E-state index is 6.54. The molecule has 0 atom stereocenters. The third-order valence-corrected chi connectivity index (χ3v) is 5.19. The first-order chi connectivity index (χ1) is 8.74. The molecule has 0 aromatic heterocycles. The van der Waals surface area contributed by atoms with Gasteiger partial charge in [0.25, 0.3) is 0 Å². The first kappa shape index (κ1) is 13.2. The second kappa shape index (κ2) is 6.08. The lowest BCUT2D eigenvalue weighted by molar-refractivity contribution is 0.415. The van der Waals surface area contributed by atoms with E-state index in [1.165, 1.54) is 0 Å². The maximum Gasteiger partial charge on any atom is 0.119 e. The van der Waals surface area contributed by atoms with E-state index >= 15 is 0 Å². The minimum absolute atomic E-state index is 0.823. The molecule has 2 rings (SSSR count). The number of benzene rings is 2. The van der Waals surface area contributed by atoms with E-state index in [9.17, 15) is 0 Å². The molecule has 0 saturated carbocycles. The lowest BCUT2D eigenvalue weighted by Gasteiger charge is -2.12. The first-order valence-electron chi connectivity index (χ1n) is 5.48. The van der Waals surface area contributed by atoms with Gasteiger partial charge in [0.15, 0.2) is 0 Å². The van der Waals surface area contributed by atoms with E-state index in [2.05, 4.69) is 0 Å². The Hall–Kier alpha value is -1.24. The van der Waals surface area contributed by atoms with Gasteiger partial charge in [-0.05, 0) is 34.9 Å². The third kappa shape index (κ3) is 2.95. The number of rotatable bonds is 4. The molecule has 0 heterocycles. The maximum atomic E-state index is 6.54. The third-order valence-electron chi connectivity index (χ3n) is 2.56. The summed E-state index contributed by atoms with van der Waals surface area (Å²) >= 11 is 6.54. The van der Waals surface area contributed by atoms with E-state index in [1.54, 1.807) is 14.2 Å². The Morgan fingerprint density at radius 2 is 1.28 bits per heavy atom. The molecule has 18 heavy (non-hydrogen) atoms. The molecule has 2 aromatic rings.